The number of aromatic nitrogens is 1. The molecule has 0 spiro atoms. The van der Waals surface area contributed by atoms with Gasteiger partial charge in [-0.25, -0.2) is 0 Å². The van der Waals surface area contributed by atoms with Crippen LogP contribution in [-0.2, 0) is 0 Å². The van der Waals surface area contributed by atoms with Gasteiger partial charge >= 0.3 is 0 Å². The van der Waals surface area contributed by atoms with E-state index in [9.17, 15) is 4.79 Å². The molecule has 0 unspecified atom stereocenters. The summed E-state index contributed by atoms with van der Waals surface area (Å²) in [5.74, 6) is -0.249. The topological polar surface area (TPSA) is 45.2 Å². The molecule has 1 amide bonds. The molecule has 6 heteroatoms. The Bertz CT molecular complexity index is 671. The zero-order chi connectivity index (χ0) is 16.8. The van der Waals surface area contributed by atoms with E-state index in [0.717, 1.165) is 25.1 Å². The fraction of sp³-hybridized carbons (Fsp3) is 0.294. The Labute approximate surface area is 146 Å². The van der Waals surface area contributed by atoms with Crippen molar-refractivity contribution in [1.82, 2.24) is 4.98 Å². The van der Waals surface area contributed by atoms with Crippen LogP contribution in [0.5, 0.6) is 0 Å². The molecule has 0 saturated heterocycles. The van der Waals surface area contributed by atoms with E-state index < -0.39 is 0 Å². The SMILES string of the molecule is CCCCN(C)c1cncc(C(=O)Nc2cc(Cl)cc(Cl)c2)c1. The second-order valence-corrected chi connectivity index (χ2v) is 6.19. The van der Waals surface area contributed by atoms with Crippen LogP contribution in [0.15, 0.2) is 36.7 Å². The van der Waals surface area contributed by atoms with Gasteiger partial charge in [-0.05, 0) is 30.7 Å². The molecule has 0 aliphatic carbocycles. The highest BCUT2D eigenvalue weighted by atomic mass is 35.5. The molecule has 122 valence electrons. The van der Waals surface area contributed by atoms with Crippen molar-refractivity contribution in [3.05, 3.63) is 52.3 Å². The lowest BCUT2D eigenvalue weighted by atomic mass is 10.2. The Morgan fingerprint density at radius 1 is 1.17 bits per heavy atom. The maximum Gasteiger partial charge on any atom is 0.257 e. The minimum absolute atomic E-state index is 0.249. The summed E-state index contributed by atoms with van der Waals surface area (Å²) >= 11 is 11.9. The maximum atomic E-state index is 12.4. The molecule has 0 fully saturated rings. The Hall–Kier alpha value is -1.78. The molecular weight excluding hydrogens is 333 g/mol. The van der Waals surface area contributed by atoms with Crippen LogP contribution in [0.1, 0.15) is 30.1 Å². The van der Waals surface area contributed by atoms with Gasteiger partial charge in [-0.15, -0.1) is 0 Å². The highest BCUT2D eigenvalue weighted by Gasteiger charge is 2.10. The minimum atomic E-state index is -0.249. The Morgan fingerprint density at radius 2 is 1.87 bits per heavy atom. The van der Waals surface area contributed by atoms with Crippen molar-refractivity contribution >= 4 is 40.5 Å². The number of anilines is 2. The van der Waals surface area contributed by atoms with E-state index in [1.165, 1.54) is 0 Å². The fourth-order valence-corrected chi connectivity index (χ4v) is 2.64. The van der Waals surface area contributed by atoms with Gasteiger partial charge in [0.15, 0.2) is 0 Å². The van der Waals surface area contributed by atoms with E-state index in [4.69, 9.17) is 23.2 Å². The number of amides is 1. The Balaban J connectivity index is 2.13. The van der Waals surface area contributed by atoms with Crippen LogP contribution < -0.4 is 10.2 Å². The van der Waals surface area contributed by atoms with Crippen molar-refractivity contribution < 1.29 is 4.79 Å². The second kappa shape index (κ2) is 8.18. The van der Waals surface area contributed by atoms with Crippen molar-refractivity contribution in [1.29, 1.82) is 0 Å². The number of unbranched alkanes of at least 4 members (excludes halogenated alkanes) is 1. The first-order valence-corrected chi connectivity index (χ1v) is 8.19. The van der Waals surface area contributed by atoms with Gasteiger partial charge in [0.25, 0.3) is 5.91 Å². The molecule has 0 aliphatic heterocycles. The lowest BCUT2D eigenvalue weighted by Crippen LogP contribution is -2.19. The van der Waals surface area contributed by atoms with Crippen molar-refractivity contribution in [3.8, 4) is 0 Å². The first kappa shape index (κ1) is 17.6. The number of carbonyl (C=O) groups is 1. The first-order chi connectivity index (χ1) is 11.0. The standard InChI is InChI=1S/C17H19Cl2N3O/c1-3-4-5-22(2)16-6-12(10-20-11-16)17(23)21-15-8-13(18)7-14(19)9-15/h6-11H,3-5H2,1-2H3,(H,21,23). The summed E-state index contributed by atoms with van der Waals surface area (Å²) in [6, 6.07) is 6.74. The summed E-state index contributed by atoms with van der Waals surface area (Å²) in [5.41, 5.74) is 1.95. The zero-order valence-corrected chi connectivity index (χ0v) is 14.7. The summed E-state index contributed by atoms with van der Waals surface area (Å²) in [6.07, 6.45) is 5.50. The summed E-state index contributed by atoms with van der Waals surface area (Å²) < 4.78 is 0. The number of halogens is 2. The van der Waals surface area contributed by atoms with Gasteiger partial charge in [-0.1, -0.05) is 36.5 Å². The zero-order valence-electron chi connectivity index (χ0n) is 13.1. The molecule has 1 N–H and O–H groups in total. The van der Waals surface area contributed by atoms with E-state index in [-0.39, 0.29) is 5.91 Å². The van der Waals surface area contributed by atoms with Gasteiger partial charge in [-0.3, -0.25) is 9.78 Å². The predicted molar refractivity (Wildman–Crippen MR) is 96.8 cm³/mol. The minimum Gasteiger partial charge on any atom is -0.373 e. The van der Waals surface area contributed by atoms with Crippen molar-refractivity contribution in [2.24, 2.45) is 0 Å². The molecular formula is C17H19Cl2N3O. The lowest BCUT2D eigenvalue weighted by molar-refractivity contribution is 0.102. The molecule has 2 aromatic rings. The van der Waals surface area contributed by atoms with Crippen LogP contribution in [0.4, 0.5) is 11.4 Å². The molecule has 2 rings (SSSR count). The molecule has 0 radical (unpaired) electrons. The largest absolute Gasteiger partial charge is 0.373 e. The molecule has 1 aromatic heterocycles. The maximum absolute atomic E-state index is 12.4. The van der Waals surface area contributed by atoms with Gasteiger partial charge in [0, 0.05) is 35.5 Å². The molecule has 0 saturated carbocycles. The third kappa shape index (κ3) is 5.12. The van der Waals surface area contributed by atoms with Gasteiger partial charge in [-0.2, -0.15) is 0 Å². The van der Waals surface area contributed by atoms with Crippen molar-refractivity contribution in [2.75, 3.05) is 23.8 Å². The predicted octanol–water partition coefficient (Wildman–Crippen LogP) is 4.88. The highest BCUT2D eigenvalue weighted by molar-refractivity contribution is 6.35. The van der Waals surface area contributed by atoms with Crippen LogP contribution in [-0.4, -0.2) is 24.5 Å². The number of hydrogen-bond acceptors (Lipinski definition) is 3. The number of carbonyl (C=O) groups excluding carboxylic acids is 1. The van der Waals surface area contributed by atoms with Gasteiger partial charge in [0.2, 0.25) is 0 Å². The van der Waals surface area contributed by atoms with E-state index in [2.05, 4.69) is 22.1 Å². The Morgan fingerprint density at radius 3 is 2.52 bits per heavy atom. The van der Waals surface area contributed by atoms with E-state index in [0.29, 0.717) is 21.3 Å². The average molecular weight is 352 g/mol. The van der Waals surface area contributed by atoms with Gasteiger partial charge in [0.1, 0.15) is 0 Å². The summed E-state index contributed by atoms with van der Waals surface area (Å²) in [4.78, 5) is 18.6. The molecule has 0 aliphatic rings. The third-order valence-corrected chi connectivity index (χ3v) is 3.83. The highest BCUT2D eigenvalue weighted by Crippen LogP contribution is 2.23. The molecule has 0 bridgehead atoms. The van der Waals surface area contributed by atoms with Crippen molar-refractivity contribution in [2.45, 2.75) is 19.8 Å². The summed E-state index contributed by atoms with van der Waals surface area (Å²) in [5, 5.41) is 3.73. The fourth-order valence-electron chi connectivity index (χ4n) is 2.11. The number of nitrogens with one attached hydrogen (secondary N) is 1. The number of nitrogens with zero attached hydrogens (tertiary/aromatic N) is 2. The summed E-state index contributed by atoms with van der Waals surface area (Å²) in [7, 11) is 1.99. The molecule has 1 aromatic carbocycles. The summed E-state index contributed by atoms with van der Waals surface area (Å²) in [6.45, 7) is 3.07. The molecule has 23 heavy (non-hydrogen) atoms. The van der Waals surface area contributed by atoms with Crippen LogP contribution in [0.25, 0.3) is 0 Å². The third-order valence-electron chi connectivity index (χ3n) is 3.39. The monoisotopic (exact) mass is 351 g/mol. The quantitative estimate of drug-likeness (QED) is 0.806. The number of rotatable bonds is 6. The number of pyridine rings is 1. The van der Waals surface area contributed by atoms with Crippen LogP contribution in [0.2, 0.25) is 10.0 Å². The van der Waals surface area contributed by atoms with E-state index in [1.807, 2.05) is 13.1 Å². The molecule has 4 nitrogen and oxygen atoms in total. The van der Waals surface area contributed by atoms with Crippen molar-refractivity contribution in [3.63, 3.8) is 0 Å². The van der Waals surface area contributed by atoms with Crippen LogP contribution in [0, 0.1) is 0 Å². The number of benzene rings is 1. The van der Waals surface area contributed by atoms with Gasteiger partial charge < -0.3 is 10.2 Å². The lowest BCUT2D eigenvalue weighted by Gasteiger charge is -2.19. The average Bonchev–Trinajstić information content (AvgIpc) is 2.51. The van der Waals surface area contributed by atoms with Crippen LogP contribution >= 0.6 is 23.2 Å². The van der Waals surface area contributed by atoms with Crippen LogP contribution in [0.3, 0.4) is 0 Å². The van der Waals surface area contributed by atoms with E-state index >= 15 is 0 Å². The first-order valence-electron chi connectivity index (χ1n) is 7.43. The number of hydrogen-bond donors (Lipinski definition) is 1. The smallest absolute Gasteiger partial charge is 0.257 e. The van der Waals surface area contributed by atoms with Gasteiger partial charge in [0.05, 0.1) is 17.4 Å². The normalized spacial score (nSPS) is 10.4. The second-order valence-electron chi connectivity index (χ2n) is 5.32. The van der Waals surface area contributed by atoms with E-state index in [1.54, 1.807) is 30.6 Å². The Kier molecular flexibility index (Phi) is 6.25. The molecule has 1 heterocycles. The molecule has 0 atom stereocenters.